The van der Waals surface area contributed by atoms with Crippen molar-refractivity contribution in [2.75, 3.05) is 44.3 Å². The summed E-state index contributed by atoms with van der Waals surface area (Å²) in [4.78, 5) is 21.1. The molecular weight excluding hydrogens is 362 g/mol. The van der Waals surface area contributed by atoms with Crippen LogP contribution in [-0.2, 0) is 11.2 Å². The number of ether oxygens (including phenoxy) is 1. The summed E-state index contributed by atoms with van der Waals surface area (Å²) >= 11 is 1.57. The number of furan rings is 1. The first-order chi connectivity index (χ1) is 13.3. The van der Waals surface area contributed by atoms with Gasteiger partial charge in [-0.05, 0) is 30.2 Å². The Labute approximate surface area is 162 Å². The van der Waals surface area contributed by atoms with Gasteiger partial charge in [0.1, 0.15) is 13.1 Å². The van der Waals surface area contributed by atoms with Crippen LogP contribution in [0.15, 0.2) is 41.0 Å². The number of fused-ring (bicyclic) bond motifs is 1. The maximum Gasteiger partial charge on any atom is 0.295 e. The highest BCUT2D eigenvalue weighted by atomic mass is 32.1. The van der Waals surface area contributed by atoms with Crippen molar-refractivity contribution >= 4 is 32.6 Å². The number of thiazole rings is 1. The number of carbonyl (C=O) groups is 1. The second-order valence-corrected chi connectivity index (χ2v) is 7.67. The Balaban J connectivity index is 1.63. The zero-order valence-corrected chi connectivity index (χ0v) is 16.3. The third-order valence-electron chi connectivity index (χ3n) is 4.97. The molecule has 2 aromatic heterocycles. The van der Waals surface area contributed by atoms with Crippen LogP contribution in [-0.4, -0.2) is 50.3 Å². The summed E-state index contributed by atoms with van der Waals surface area (Å²) < 4.78 is 11.9. The van der Waals surface area contributed by atoms with E-state index in [1.807, 2.05) is 0 Å². The molecule has 1 aliphatic heterocycles. The molecule has 0 bridgehead atoms. The molecule has 0 unspecified atom stereocenters. The summed E-state index contributed by atoms with van der Waals surface area (Å²) in [6.07, 6.45) is 2.46. The van der Waals surface area contributed by atoms with Gasteiger partial charge < -0.3 is 14.1 Å². The van der Waals surface area contributed by atoms with Crippen molar-refractivity contribution in [3.8, 4) is 0 Å². The van der Waals surface area contributed by atoms with Crippen molar-refractivity contribution in [1.29, 1.82) is 0 Å². The monoisotopic (exact) mass is 386 g/mol. The van der Waals surface area contributed by atoms with Crippen LogP contribution in [0, 0.1) is 0 Å². The third-order valence-corrected chi connectivity index (χ3v) is 6.01. The van der Waals surface area contributed by atoms with Crippen LogP contribution in [0.2, 0.25) is 0 Å². The first-order valence-corrected chi connectivity index (χ1v) is 10.2. The molecule has 142 valence electrons. The number of morpholine rings is 1. The van der Waals surface area contributed by atoms with E-state index in [9.17, 15) is 4.79 Å². The van der Waals surface area contributed by atoms with Gasteiger partial charge in [-0.2, -0.15) is 0 Å². The summed E-state index contributed by atoms with van der Waals surface area (Å²) in [7, 11) is 0. The number of rotatable bonds is 6. The number of carbonyl (C=O) groups excluding carboxylic acids is 1. The lowest BCUT2D eigenvalue weighted by Crippen LogP contribution is -3.14. The first kappa shape index (κ1) is 18.2. The molecule has 0 radical (unpaired) electrons. The molecule has 3 aromatic rings. The van der Waals surface area contributed by atoms with E-state index in [0.717, 1.165) is 54.6 Å². The average Bonchev–Trinajstić information content (AvgIpc) is 3.38. The number of amides is 1. The molecule has 1 fully saturated rings. The molecule has 6 nitrogen and oxygen atoms in total. The van der Waals surface area contributed by atoms with Gasteiger partial charge in [-0.15, -0.1) is 0 Å². The van der Waals surface area contributed by atoms with E-state index in [0.29, 0.717) is 12.3 Å². The van der Waals surface area contributed by atoms with E-state index in [-0.39, 0.29) is 5.91 Å². The molecular formula is C20H24N3O3S+. The highest BCUT2D eigenvalue weighted by Gasteiger charge is 2.25. The van der Waals surface area contributed by atoms with Gasteiger partial charge in [0, 0.05) is 0 Å². The van der Waals surface area contributed by atoms with Crippen LogP contribution in [0.25, 0.3) is 10.2 Å². The van der Waals surface area contributed by atoms with E-state index in [4.69, 9.17) is 14.1 Å². The Morgan fingerprint density at radius 1 is 1.26 bits per heavy atom. The van der Waals surface area contributed by atoms with E-state index < -0.39 is 0 Å². The van der Waals surface area contributed by atoms with Crippen LogP contribution in [0.3, 0.4) is 0 Å². The SMILES string of the molecule is CCc1cccc2sc(N(CC[NH+]3CCOCC3)C(=O)c3ccco3)nc12. The molecule has 1 aromatic carbocycles. The number of benzene rings is 1. The van der Waals surface area contributed by atoms with Crippen molar-refractivity contribution in [3.63, 3.8) is 0 Å². The average molecular weight is 386 g/mol. The number of nitrogens with one attached hydrogen (secondary N) is 1. The Hall–Kier alpha value is -2.22. The maximum absolute atomic E-state index is 13.1. The Bertz CT molecular complexity index is 900. The van der Waals surface area contributed by atoms with Crippen LogP contribution >= 0.6 is 11.3 Å². The van der Waals surface area contributed by atoms with Crippen LogP contribution < -0.4 is 9.80 Å². The minimum absolute atomic E-state index is 0.134. The third kappa shape index (κ3) is 3.90. The van der Waals surface area contributed by atoms with E-state index in [1.54, 1.807) is 28.4 Å². The van der Waals surface area contributed by atoms with Crippen molar-refractivity contribution in [3.05, 3.63) is 47.9 Å². The molecule has 0 aliphatic carbocycles. The molecule has 1 saturated heterocycles. The van der Waals surface area contributed by atoms with Gasteiger partial charge in [0.2, 0.25) is 0 Å². The largest absolute Gasteiger partial charge is 0.459 e. The van der Waals surface area contributed by atoms with Gasteiger partial charge in [0.25, 0.3) is 5.91 Å². The summed E-state index contributed by atoms with van der Waals surface area (Å²) in [5.41, 5.74) is 2.20. The quantitative estimate of drug-likeness (QED) is 0.704. The van der Waals surface area contributed by atoms with Gasteiger partial charge in [-0.25, -0.2) is 4.98 Å². The molecule has 1 N–H and O–H groups in total. The molecule has 7 heteroatoms. The number of quaternary nitrogens is 1. The van der Waals surface area contributed by atoms with Crippen molar-refractivity contribution in [2.24, 2.45) is 0 Å². The Morgan fingerprint density at radius 3 is 2.85 bits per heavy atom. The predicted molar refractivity (Wildman–Crippen MR) is 106 cm³/mol. The minimum Gasteiger partial charge on any atom is -0.459 e. The van der Waals surface area contributed by atoms with E-state index in [1.165, 1.54) is 16.7 Å². The molecule has 1 amide bonds. The number of aryl methyl sites for hydroxylation is 1. The minimum atomic E-state index is -0.134. The zero-order chi connectivity index (χ0) is 18.6. The van der Waals surface area contributed by atoms with Crippen LogP contribution in [0.4, 0.5) is 5.13 Å². The Kier molecular flexibility index (Phi) is 5.52. The predicted octanol–water partition coefficient (Wildman–Crippen LogP) is 2.01. The lowest BCUT2D eigenvalue weighted by Gasteiger charge is -2.26. The number of aromatic nitrogens is 1. The van der Waals surface area contributed by atoms with Crippen molar-refractivity contribution < 1.29 is 18.8 Å². The number of hydrogen-bond donors (Lipinski definition) is 1. The summed E-state index contributed by atoms with van der Waals surface area (Å²) in [5, 5.41) is 0.736. The smallest absolute Gasteiger partial charge is 0.295 e. The number of nitrogens with zero attached hydrogens (tertiary/aromatic N) is 2. The fourth-order valence-corrected chi connectivity index (χ4v) is 4.43. The zero-order valence-electron chi connectivity index (χ0n) is 15.4. The molecule has 0 spiro atoms. The van der Waals surface area contributed by atoms with Crippen molar-refractivity contribution in [2.45, 2.75) is 13.3 Å². The molecule has 0 atom stereocenters. The van der Waals surface area contributed by atoms with Gasteiger partial charge >= 0.3 is 0 Å². The summed E-state index contributed by atoms with van der Waals surface area (Å²) in [5.74, 6) is 0.215. The highest BCUT2D eigenvalue weighted by molar-refractivity contribution is 7.22. The maximum atomic E-state index is 13.1. The normalized spacial score (nSPS) is 15.3. The second kappa shape index (κ2) is 8.21. The van der Waals surface area contributed by atoms with Crippen LogP contribution in [0.1, 0.15) is 23.0 Å². The van der Waals surface area contributed by atoms with Crippen molar-refractivity contribution in [1.82, 2.24) is 4.98 Å². The highest BCUT2D eigenvalue weighted by Crippen LogP contribution is 2.31. The van der Waals surface area contributed by atoms with Crippen LogP contribution in [0.5, 0.6) is 0 Å². The van der Waals surface area contributed by atoms with E-state index in [2.05, 4.69) is 25.1 Å². The fourth-order valence-electron chi connectivity index (χ4n) is 3.39. The van der Waals surface area contributed by atoms with Gasteiger partial charge in [0.05, 0.1) is 42.8 Å². The molecule has 0 saturated carbocycles. The van der Waals surface area contributed by atoms with Gasteiger partial charge in [-0.3, -0.25) is 9.69 Å². The number of anilines is 1. The summed E-state index contributed by atoms with van der Waals surface area (Å²) in [6.45, 7) is 7.11. The lowest BCUT2D eigenvalue weighted by atomic mass is 10.1. The molecule has 1 aliphatic rings. The van der Waals surface area contributed by atoms with Gasteiger partial charge in [-0.1, -0.05) is 30.4 Å². The van der Waals surface area contributed by atoms with Gasteiger partial charge in [0.15, 0.2) is 10.9 Å². The van der Waals surface area contributed by atoms with E-state index >= 15 is 0 Å². The molecule has 4 rings (SSSR count). The first-order valence-electron chi connectivity index (χ1n) is 9.41. The Morgan fingerprint density at radius 2 is 2.11 bits per heavy atom. The topological polar surface area (TPSA) is 60.0 Å². The molecule has 27 heavy (non-hydrogen) atoms. The summed E-state index contributed by atoms with van der Waals surface area (Å²) in [6, 6.07) is 9.68. The second-order valence-electron chi connectivity index (χ2n) is 6.66. The molecule has 3 heterocycles. The number of hydrogen-bond acceptors (Lipinski definition) is 5. The standard InChI is InChI=1S/C20H23N3O3S/c1-2-15-5-3-7-17-18(15)21-20(27-17)23(19(24)16-6-4-12-26-16)9-8-22-10-13-25-14-11-22/h3-7,12H,2,8-11,13-14H2,1H3/p+1. The number of para-hydroxylation sites is 1. The lowest BCUT2D eigenvalue weighted by molar-refractivity contribution is -0.906. The fraction of sp³-hybridized carbons (Fsp3) is 0.400.